The molecule has 1 aromatic rings. The van der Waals surface area contributed by atoms with E-state index in [1.807, 2.05) is 4.90 Å². The molecule has 0 radical (unpaired) electrons. The second-order valence-electron chi connectivity index (χ2n) is 10.7. The molecule has 1 aromatic heterocycles. The summed E-state index contributed by atoms with van der Waals surface area (Å²) in [6.07, 6.45) is 6.95. The molecule has 3 heterocycles. The Morgan fingerprint density at radius 1 is 1.09 bits per heavy atom. The Labute approximate surface area is 211 Å². The van der Waals surface area contributed by atoms with Crippen molar-refractivity contribution in [1.29, 1.82) is 0 Å². The summed E-state index contributed by atoms with van der Waals surface area (Å²) >= 11 is 0. The minimum Gasteiger partial charge on any atom is -0.476 e. The van der Waals surface area contributed by atoms with Crippen molar-refractivity contribution in [3.8, 4) is 5.88 Å². The first-order valence-corrected chi connectivity index (χ1v) is 13.9. The normalized spacial score (nSPS) is 25.2. The predicted octanol–water partition coefficient (Wildman–Crippen LogP) is 3.71. The standard InChI is InChI=1S/C27H45N5O3/c1-4-9-31(10-5-2)27-28-24(19-25(29-27)35-17-14-30-12-15-34-16-13-30)26(33)32-11-8-22-18-21(3)6-7-23(22)20-32/h19,21-23H,4-18,20H2,1-3H3. The van der Waals surface area contributed by atoms with E-state index in [1.165, 1.54) is 19.3 Å². The van der Waals surface area contributed by atoms with Crippen molar-refractivity contribution in [2.75, 3.05) is 70.5 Å². The van der Waals surface area contributed by atoms with Crippen LogP contribution in [-0.2, 0) is 4.74 Å². The average Bonchev–Trinajstić information content (AvgIpc) is 2.88. The smallest absolute Gasteiger partial charge is 0.272 e. The lowest BCUT2D eigenvalue weighted by atomic mass is 9.71. The second-order valence-corrected chi connectivity index (χ2v) is 10.7. The minimum absolute atomic E-state index is 0.0247. The Bertz CT molecular complexity index is 810. The van der Waals surface area contributed by atoms with Gasteiger partial charge in [-0.05, 0) is 49.9 Å². The number of likely N-dealkylation sites (tertiary alicyclic amines) is 1. The zero-order chi connectivity index (χ0) is 24.6. The van der Waals surface area contributed by atoms with Crippen LogP contribution in [0.15, 0.2) is 6.07 Å². The summed E-state index contributed by atoms with van der Waals surface area (Å²) in [4.78, 5) is 29.7. The maximum absolute atomic E-state index is 13.6. The van der Waals surface area contributed by atoms with Crippen LogP contribution in [0.3, 0.4) is 0 Å². The fraction of sp³-hybridized carbons (Fsp3) is 0.815. The lowest BCUT2D eigenvalue weighted by Gasteiger charge is -2.43. The van der Waals surface area contributed by atoms with Gasteiger partial charge < -0.3 is 19.3 Å². The Kier molecular flexibility index (Phi) is 9.60. The molecular weight excluding hydrogens is 442 g/mol. The molecule has 1 amide bonds. The van der Waals surface area contributed by atoms with Gasteiger partial charge in [0.1, 0.15) is 12.3 Å². The van der Waals surface area contributed by atoms with Gasteiger partial charge in [-0.1, -0.05) is 27.2 Å². The number of rotatable bonds is 10. The van der Waals surface area contributed by atoms with Gasteiger partial charge in [0.2, 0.25) is 11.8 Å². The SMILES string of the molecule is CCCN(CCC)c1nc(OCCN2CCOCC2)cc(C(=O)N2CCC3CC(C)CCC3C2)n1. The van der Waals surface area contributed by atoms with Crippen LogP contribution in [0.2, 0.25) is 0 Å². The average molecular weight is 488 g/mol. The van der Waals surface area contributed by atoms with Crippen LogP contribution in [0.4, 0.5) is 5.95 Å². The molecule has 0 aromatic carbocycles. The van der Waals surface area contributed by atoms with Crippen LogP contribution in [-0.4, -0.2) is 91.3 Å². The minimum atomic E-state index is 0.0247. The highest BCUT2D eigenvalue weighted by Gasteiger charge is 2.35. The number of ether oxygens (including phenoxy) is 2. The van der Waals surface area contributed by atoms with E-state index in [0.29, 0.717) is 30.0 Å². The molecule has 0 bridgehead atoms. The molecule has 8 nitrogen and oxygen atoms in total. The van der Waals surface area contributed by atoms with Crippen molar-refractivity contribution in [1.82, 2.24) is 19.8 Å². The monoisotopic (exact) mass is 487 g/mol. The maximum atomic E-state index is 13.6. The third-order valence-electron chi connectivity index (χ3n) is 7.85. The Morgan fingerprint density at radius 2 is 1.86 bits per heavy atom. The van der Waals surface area contributed by atoms with Gasteiger partial charge in [-0.15, -0.1) is 0 Å². The quantitative estimate of drug-likeness (QED) is 0.498. The number of carbonyl (C=O) groups is 1. The summed E-state index contributed by atoms with van der Waals surface area (Å²) < 4.78 is 11.5. The largest absolute Gasteiger partial charge is 0.476 e. The Balaban J connectivity index is 1.48. The van der Waals surface area contributed by atoms with Crippen LogP contribution >= 0.6 is 0 Å². The topological polar surface area (TPSA) is 71.0 Å². The van der Waals surface area contributed by atoms with Gasteiger partial charge in [0.15, 0.2) is 0 Å². The zero-order valence-electron chi connectivity index (χ0n) is 22.1. The first-order chi connectivity index (χ1) is 17.1. The first kappa shape index (κ1) is 26.1. The number of morpholine rings is 1. The predicted molar refractivity (Wildman–Crippen MR) is 138 cm³/mol. The van der Waals surface area contributed by atoms with Crippen molar-refractivity contribution in [3.05, 3.63) is 11.8 Å². The number of hydrogen-bond acceptors (Lipinski definition) is 7. The molecule has 8 heteroatoms. The molecule has 4 rings (SSSR count). The number of carbonyl (C=O) groups excluding carboxylic acids is 1. The number of piperidine rings is 1. The molecule has 35 heavy (non-hydrogen) atoms. The Hall–Kier alpha value is -1.93. The molecule has 3 unspecified atom stereocenters. The highest BCUT2D eigenvalue weighted by Crippen LogP contribution is 2.39. The molecule has 1 saturated carbocycles. The summed E-state index contributed by atoms with van der Waals surface area (Å²) in [6, 6.07) is 1.76. The third kappa shape index (κ3) is 7.06. The van der Waals surface area contributed by atoms with Crippen molar-refractivity contribution >= 4 is 11.9 Å². The van der Waals surface area contributed by atoms with E-state index in [1.54, 1.807) is 6.07 Å². The number of fused-ring (bicyclic) bond motifs is 1. The van der Waals surface area contributed by atoms with Crippen molar-refractivity contribution < 1.29 is 14.3 Å². The summed E-state index contributed by atoms with van der Waals surface area (Å²) in [5.41, 5.74) is 0.469. The van der Waals surface area contributed by atoms with Gasteiger partial charge in [-0.25, -0.2) is 4.98 Å². The van der Waals surface area contributed by atoms with Crippen molar-refractivity contribution in [2.24, 2.45) is 17.8 Å². The van der Waals surface area contributed by atoms with E-state index in [0.717, 1.165) is 90.1 Å². The van der Waals surface area contributed by atoms with E-state index >= 15 is 0 Å². The van der Waals surface area contributed by atoms with E-state index in [-0.39, 0.29) is 5.91 Å². The molecule has 3 aliphatic rings. The summed E-state index contributed by atoms with van der Waals surface area (Å²) in [5, 5.41) is 0. The van der Waals surface area contributed by atoms with Gasteiger partial charge in [0, 0.05) is 51.9 Å². The van der Waals surface area contributed by atoms with Gasteiger partial charge in [0.25, 0.3) is 5.91 Å². The van der Waals surface area contributed by atoms with Gasteiger partial charge in [-0.2, -0.15) is 4.98 Å². The summed E-state index contributed by atoms with van der Waals surface area (Å²) in [7, 11) is 0. The van der Waals surface area contributed by atoms with Gasteiger partial charge in [-0.3, -0.25) is 9.69 Å². The molecule has 2 aliphatic heterocycles. The fourth-order valence-electron chi connectivity index (χ4n) is 5.89. The summed E-state index contributed by atoms with van der Waals surface area (Å²) in [5.74, 6) is 3.37. The maximum Gasteiger partial charge on any atom is 0.272 e. The van der Waals surface area contributed by atoms with Crippen LogP contribution in [0, 0.1) is 17.8 Å². The van der Waals surface area contributed by atoms with E-state index in [2.05, 4.69) is 30.6 Å². The number of amides is 1. The number of aromatic nitrogens is 2. The van der Waals surface area contributed by atoms with Crippen LogP contribution in [0.1, 0.15) is 69.8 Å². The second kappa shape index (κ2) is 12.9. The molecular formula is C27H45N5O3. The van der Waals surface area contributed by atoms with Gasteiger partial charge >= 0.3 is 0 Å². The Morgan fingerprint density at radius 3 is 2.60 bits per heavy atom. The highest BCUT2D eigenvalue weighted by molar-refractivity contribution is 5.93. The molecule has 3 atom stereocenters. The lowest BCUT2D eigenvalue weighted by Crippen LogP contribution is -2.46. The molecule has 0 spiro atoms. The lowest BCUT2D eigenvalue weighted by molar-refractivity contribution is 0.0319. The number of nitrogens with zero attached hydrogens (tertiary/aromatic N) is 5. The zero-order valence-corrected chi connectivity index (χ0v) is 22.1. The third-order valence-corrected chi connectivity index (χ3v) is 7.85. The highest BCUT2D eigenvalue weighted by atomic mass is 16.5. The van der Waals surface area contributed by atoms with E-state index in [4.69, 9.17) is 19.4 Å². The van der Waals surface area contributed by atoms with Crippen LogP contribution < -0.4 is 9.64 Å². The van der Waals surface area contributed by atoms with Crippen molar-refractivity contribution in [2.45, 2.75) is 59.3 Å². The summed E-state index contributed by atoms with van der Waals surface area (Å²) in [6.45, 7) is 14.9. The first-order valence-electron chi connectivity index (χ1n) is 13.9. The van der Waals surface area contributed by atoms with E-state index < -0.39 is 0 Å². The molecule has 1 aliphatic carbocycles. The molecule has 0 N–H and O–H groups in total. The molecule has 196 valence electrons. The number of anilines is 1. The van der Waals surface area contributed by atoms with Crippen LogP contribution in [0.5, 0.6) is 5.88 Å². The number of hydrogen-bond donors (Lipinski definition) is 0. The van der Waals surface area contributed by atoms with Gasteiger partial charge in [0.05, 0.1) is 13.2 Å². The molecule has 3 fully saturated rings. The van der Waals surface area contributed by atoms with Crippen molar-refractivity contribution in [3.63, 3.8) is 0 Å². The van der Waals surface area contributed by atoms with E-state index in [9.17, 15) is 4.79 Å². The van der Waals surface area contributed by atoms with Crippen LogP contribution in [0.25, 0.3) is 0 Å². The fourth-order valence-corrected chi connectivity index (χ4v) is 5.89. The molecule has 2 saturated heterocycles.